The molecule has 0 bridgehead atoms. The first-order chi connectivity index (χ1) is 11.2. The van der Waals surface area contributed by atoms with Gasteiger partial charge in [-0.05, 0) is 38.5 Å². The fourth-order valence-electron chi connectivity index (χ4n) is 3.27. The summed E-state index contributed by atoms with van der Waals surface area (Å²) in [5, 5.41) is 3.13. The van der Waals surface area contributed by atoms with Gasteiger partial charge in [0.25, 0.3) is 5.91 Å². The fourth-order valence-corrected chi connectivity index (χ4v) is 3.27. The van der Waals surface area contributed by atoms with E-state index < -0.39 is 0 Å². The van der Waals surface area contributed by atoms with Gasteiger partial charge < -0.3 is 15.0 Å². The first kappa shape index (κ1) is 14.6. The molecular formula is C17H22N4O2. The summed E-state index contributed by atoms with van der Waals surface area (Å²) in [7, 11) is 0. The van der Waals surface area contributed by atoms with E-state index in [-0.39, 0.29) is 11.9 Å². The highest BCUT2D eigenvalue weighted by Crippen LogP contribution is 2.39. The van der Waals surface area contributed by atoms with Crippen LogP contribution in [-0.4, -0.2) is 40.1 Å². The molecule has 2 N–H and O–H groups in total. The Hall–Kier alpha value is -1.95. The fraction of sp³-hybridized carbons (Fsp3) is 0.588. The van der Waals surface area contributed by atoms with Crippen molar-refractivity contribution in [3.05, 3.63) is 23.7 Å². The van der Waals surface area contributed by atoms with E-state index in [2.05, 4.69) is 27.2 Å². The Morgan fingerprint density at radius 1 is 1.35 bits per heavy atom. The molecule has 4 rings (SSSR count). The maximum absolute atomic E-state index is 12.6. The molecule has 122 valence electrons. The van der Waals surface area contributed by atoms with Gasteiger partial charge in [0.1, 0.15) is 5.52 Å². The third kappa shape index (κ3) is 2.95. The van der Waals surface area contributed by atoms with Crippen LogP contribution in [0.15, 0.2) is 12.4 Å². The van der Waals surface area contributed by atoms with Gasteiger partial charge >= 0.3 is 0 Å². The summed E-state index contributed by atoms with van der Waals surface area (Å²) >= 11 is 0. The average molecular weight is 314 g/mol. The van der Waals surface area contributed by atoms with Gasteiger partial charge in [-0.1, -0.05) is 0 Å². The predicted octanol–water partition coefficient (Wildman–Crippen LogP) is 2.38. The first-order valence-corrected chi connectivity index (χ1v) is 8.45. The summed E-state index contributed by atoms with van der Waals surface area (Å²) in [6.45, 7) is 3.65. The molecule has 1 aliphatic carbocycles. The van der Waals surface area contributed by atoms with Crippen LogP contribution in [-0.2, 0) is 4.74 Å². The SMILES string of the molecule is CC(NC(=O)c1c[nH]c2ncc(C3CC3)nc12)C1CCOCC1. The molecule has 6 heteroatoms. The Balaban J connectivity index is 1.53. The van der Waals surface area contributed by atoms with E-state index in [0.29, 0.717) is 28.6 Å². The monoisotopic (exact) mass is 314 g/mol. The van der Waals surface area contributed by atoms with Crippen molar-refractivity contribution in [3.8, 4) is 0 Å². The van der Waals surface area contributed by atoms with Gasteiger partial charge in [0.05, 0.1) is 17.5 Å². The quantitative estimate of drug-likeness (QED) is 0.908. The summed E-state index contributed by atoms with van der Waals surface area (Å²) in [4.78, 5) is 24.8. The number of carbonyl (C=O) groups excluding carboxylic acids is 1. The second kappa shape index (κ2) is 5.92. The molecule has 1 aliphatic heterocycles. The lowest BCUT2D eigenvalue weighted by atomic mass is 9.93. The van der Waals surface area contributed by atoms with E-state index in [1.807, 2.05) is 6.20 Å². The molecule has 2 fully saturated rings. The number of carbonyl (C=O) groups is 1. The number of ether oxygens (including phenoxy) is 1. The number of hydrogen-bond acceptors (Lipinski definition) is 4. The number of aromatic amines is 1. The number of aromatic nitrogens is 3. The van der Waals surface area contributed by atoms with Crippen molar-refractivity contribution < 1.29 is 9.53 Å². The van der Waals surface area contributed by atoms with Gasteiger partial charge in [-0.15, -0.1) is 0 Å². The topological polar surface area (TPSA) is 79.9 Å². The van der Waals surface area contributed by atoms with E-state index in [4.69, 9.17) is 4.74 Å². The minimum absolute atomic E-state index is 0.0718. The van der Waals surface area contributed by atoms with Gasteiger partial charge in [-0.25, -0.2) is 9.97 Å². The zero-order chi connectivity index (χ0) is 15.8. The zero-order valence-corrected chi connectivity index (χ0v) is 13.3. The smallest absolute Gasteiger partial charge is 0.255 e. The van der Waals surface area contributed by atoms with Crippen molar-refractivity contribution in [3.63, 3.8) is 0 Å². The predicted molar refractivity (Wildman–Crippen MR) is 86.3 cm³/mol. The molecule has 0 radical (unpaired) electrons. The van der Waals surface area contributed by atoms with Crippen molar-refractivity contribution in [2.24, 2.45) is 5.92 Å². The summed E-state index contributed by atoms with van der Waals surface area (Å²) in [6, 6.07) is 0.135. The molecule has 1 unspecified atom stereocenters. The largest absolute Gasteiger partial charge is 0.381 e. The van der Waals surface area contributed by atoms with Crippen molar-refractivity contribution in [1.82, 2.24) is 20.3 Å². The maximum atomic E-state index is 12.6. The number of H-pyrrole nitrogens is 1. The molecule has 1 atom stereocenters. The average Bonchev–Trinajstić information content (AvgIpc) is 3.34. The lowest BCUT2D eigenvalue weighted by molar-refractivity contribution is 0.0538. The van der Waals surface area contributed by atoms with E-state index in [1.165, 1.54) is 12.8 Å². The molecule has 1 amide bonds. The minimum atomic E-state index is -0.0718. The summed E-state index contributed by atoms with van der Waals surface area (Å²) in [5.74, 6) is 0.933. The summed E-state index contributed by atoms with van der Waals surface area (Å²) in [6.07, 6.45) is 7.89. The van der Waals surface area contributed by atoms with Crippen LogP contribution in [0.5, 0.6) is 0 Å². The molecule has 0 spiro atoms. The lowest BCUT2D eigenvalue weighted by Crippen LogP contribution is -2.40. The van der Waals surface area contributed by atoms with Crippen LogP contribution >= 0.6 is 0 Å². The third-order valence-corrected chi connectivity index (χ3v) is 4.97. The molecule has 2 aromatic rings. The van der Waals surface area contributed by atoms with Crippen LogP contribution in [0.2, 0.25) is 0 Å². The molecule has 2 aliphatic rings. The first-order valence-electron chi connectivity index (χ1n) is 8.45. The Bertz CT molecular complexity index is 716. The van der Waals surface area contributed by atoms with Crippen LogP contribution in [0.1, 0.15) is 54.6 Å². The van der Waals surface area contributed by atoms with Crippen LogP contribution in [0.3, 0.4) is 0 Å². The minimum Gasteiger partial charge on any atom is -0.381 e. The second-order valence-corrected chi connectivity index (χ2v) is 6.68. The van der Waals surface area contributed by atoms with E-state index in [0.717, 1.165) is 31.7 Å². The third-order valence-electron chi connectivity index (χ3n) is 4.97. The standard InChI is InChI=1S/C17H22N4O2/c1-10(11-4-6-23-7-5-11)20-17(22)13-8-18-16-15(13)21-14(9-19-16)12-2-3-12/h8-12H,2-7H2,1H3,(H,18,19)(H,20,22). The molecule has 0 aromatic carbocycles. The number of nitrogens with one attached hydrogen (secondary N) is 2. The van der Waals surface area contributed by atoms with Crippen LogP contribution in [0.4, 0.5) is 0 Å². The maximum Gasteiger partial charge on any atom is 0.255 e. The van der Waals surface area contributed by atoms with Gasteiger partial charge in [-0.3, -0.25) is 4.79 Å². The summed E-state index contributed by atoms with van der Waals surface area (Å²) < 4.78 is 5.39. The number of fused-ring (bicyclic) bond motifs is 1. The molecule has 23 heavy (non-hydrogen) atoms. The highest BCUT2D eigenvalue weighted by Gasteiger charge is 2.27. The van der Waals surface area contributed by atoms with Crippen molar-refractivity contribution in [2.75, 3.05) is 13.2 Å². The molecule has 1 saturated heterocycles. The molecule has 1 saturated carbocycles. The van der Waals surface area contributed by atoms with Crippen molar-refractivity contribution in [1.29, 1.82) is 0 Å². The van der Waals surface area contributed by atoms with Gasteiger partial charge in [-0.2, -0.15) is 0 Å². The van der Waals surface area contributed by atoms with Gasteiger partial charge in [0.15, 0.2) is 5.65 Å². The van der Waals surface area contributed by atoms with E-state index in [1.54, 1.807) is 6.20 Å². The highest BCUT2D eigenvalue weighted by atomic mass is 16.5. The Morgan fingerprint density at radius 2 is 2.13 bits per heavy atom. The Morgan fingerprint density at radius 3 is 2.87 bits per heavy atom. The lowest BCUT2D eigenvalue weighted by Gasteiger charge is -2.28. The number of rotatable bonds is 4. The summed E-state index contributed by atoms with van der Waals surface area (Å²) in [5.41, 5.74) is 2.96. The Labute approximate surface area is 135 Å². The van der Waals surface area contributed by atoms with Crippen molar-refractivity contribution in [2.45, 2.75) is 44.6 Å². The molecule has 3 heterocycles. The number of nitrogens with zero attached hydrogens (tertiary/aromatic N) is 2. The van der Waals surface area contributed by atoms with Crippen LogP contribution < -0.4 is 5.32 Å². The van der Waals surface area contributed by atoms with E-state index in [9.17, 15) is 4.79 Å². The number of amides is 1. The normalized spacial score (nSPS) is 20.6. The molecular weight excluding hydrogens is 292 g/mol. The second-order valence-electron chi connectivity index (χ2n) is 6.68. The van der Waals surface area contributed by atoms with Crippen LogP contribution in [0, 0.1) is 5.92 Å². The molecule has 6 nitrogen and oxygen atoms in total. The number of hydrogen-bond donors (Lipinski definition) is 2. The van der Waals surface area contributed by atoms with Crippen molar-refractivity contribution >= 4 is 17.1 Å². The Kier molecular flexibility index (Phi) is 3.77. The molecule has 2 aromatic heterocycles. The highest BCUT2D eigenvalue weighted by molar-refractivity contribution is 6.04. The van der Waals surface area contributed by atoms with E-state index >= 15 is 0 Å². The van der Waals surface area contributed by atoms with Crippen LogP contribution in [0.25, 0.3) is 11.2 Å². The van der Waals surface area contributed by atoms with Gasteiger partial charge in [0, 0.05) is 31.4 Å². The van der Waals surface area contributed by atoms with Gasteiger partial charge in [0.2, 0.25) is 0 Å². The zero-order valence-electron chi connectivity index (χ0n) is 13.3.